The Bertz CT molecular complexity index is 456. The third-order valence-electron chi connectivity index (χ3n) is 3.59. The fraction of sp³-hybridized carbons (Fsp3) is 0.600. The van der Waals surface area contributed by atoms with Gasteiger partial charge in [0.15, 0.2) is 0 Å². The van der Waals surface area contributed by atoms with Gasteiger partial charge in [-0.3, -0.25) is 4.79 Å². The van der Waals surface area contributed by atoms with Crippen molar-refractivity contribution >= 4 is 23.3 Å². The highest BCUT2D eigenvalue weighted by molar-refractivity contribution is 6.33. The molecule has 1 saturated heterocycles. The second-order valence-corrected chi connectivity index (χ2v) is 5.55. The number of hydrogen-bond acceptors (Lipinski definition) is 3. The average molecular weight is 296 g/mol. The van der Waals surface area contributed by atoms with Crippen LogP contribution in [0.25, 0.3) is 0 Å². The van der Waals surface area contributed by atoms with Crippen LogP contribution in [-0.2, 0) is 0 Å². The van der Waals surface area contributed by atoms with E-state index < -0.39 is 0 Å². The van der Waals surface area contributed by atoms with Crippen molar-refractivity contribution in [3.63, 3.8) is 0 Å². The van der Waals surface area contributed by atoms with E-state index in [0.717, 1.165) is 32.5 Å². The molecule has 0 bridgehead atoms. The molecule has 20 heavy (non-hydrogen) atoms. The molecule has 4 nitrogen and oxygen atoms in total. The van der Waals surface area contributed by atoms with Gasteiger partial charge in [0.2, 0.25) is 0 Å². The lowest BCUT2D eigenvalue weighted by atomic mass is 10.1. The lowest BCUT2D eigenvalue weighted by molar-refractivity contribution is 0.0742. The molecule has 0 atom stereocenters. The number of carbonyl (C=O) groups is 1. The van der Waals surface area contributed by atoms with E-state index >= 15 is 0 Å². The van der Waals surface area contributed by atoms with Crippen LogP contribution in [0.4, 0.5) is 5.82 Å². The first kappa shape index (κ1) is 15.1. The molecule has 110 valence electrons. The number of hydrogen-bond donors (Lipinski definition) is 1. The predicted molar refractivity (Wildman–Crippen MR) is 82.4 cm³/mol. The summed E-state index contributed by atoms with van der Waals surface area (Å²) in [4.78, 5) is 18.7. The Hall–Kier alpha value is -1.29. The summed E-state index contributed by atoms with van der Waals surface area (Å²) in [5.74, 6) is 0.728. The SMILES string of the molecule is CCNc1cc(C(=O)N2CCCCCCC2)c(Cl)cn1. The molecule has 1 aliphatic heterocycles. The van der Waals surface area contributed by atoms with Crippen LogP contribution in [-0.4, -0.2) is 35.4 Å². The lowest BCUT2D eigenvalue weighted by Gasteiger charge is -2.25. The van der Waals surface area contributed by atoms with Gasteiger partial charge in [-0.2, -0.15) is 0 Å². The van der Waals surface area contributed by atoms with E-state index in [-0.39, 0.29) is 5.91 Å². The van der Waals surface area contributed by atoms with Crippen LogP contribution in [0.2, 0.25) is 5.02 Å². The first-order valence-electron chi connectivity index (χ1n) is 7.41. The van der Waals surface area contributed by atoms with Crippen LogP contribution in [0.5, 0.6) is 0 Å². The molecule has 1 aromatic heterocycles. The van der Waals surface area contributed by atoms with Gasteiger partial charge in [-0.05, 0) is 25.8 Å². The molecule has 0 aliphatic carbocycles. The first-order valence-corrected chi connectivity index (χ1v) is 7.79. The number of likely N-dealkylation sites (tertiary alicyclic amines) is 1. The van der Waals surface area contributed by atoms with Gasteiger partial charge in [0.05, 0.1) is 10.6 Å². The number of aromatic nitrogens is 1. The Labute approximate surface area is 125 Å². The molecular formula is C15H22ClN3O. The molecule has 5 heteroatoms. The quantitative estimate of drug-likeness (QED) is 0.927. The third-order valence-corrected chi connectivity index (χ3v) is 3.89. The van der Waals surface area contributed by atoms with Crippen molar-refractivity contribution in [2.75, 3.05) is 25.0 Å². The zero-order chi connectivity index (χ0) is 14.4. The van der Waals surface area contributed by atoms with Crippen LogP contribution >= 0.6 is 11.6 Å². The number of pyridine rings is 1. The number of halogens is 1. The van der Waals surface area contributed by atoms with Crippen LogP contribution in [0.1, 0.15) is 49.4 Å². The van der Waals surface area contributed by atoms with Crippen molar-refractivity contribution in [3.8, 4) is 0 Å². The van der Waals surface area contributed by atoms with Crippen LogP contribution in [0, 0.1) is 0 Å². The van der Waals surface area contributed by atoms with Gasteiger partial charge < -0.3 is 10.2 Å². The smallest absolute Gasteiger partial charge is 0.255 e. The zero-order valence-corrected chi connectivity index (χ0v) is 12.7. The summed E-state index contributed by atoms with van der Waals surface area (Å²) in [7, 11) is 0. The summed E-state index contributed by atoms with van der Waals surface area (Å²) in [5, 5.41) is 3.54. The molecule has 1 fully saturated rings. The highest BCUT2D eigenvalue weighted by Gasteiger charge is 2.19. The van der Waals surface area contributed by atoms with Crippen molar-refractivity contribution in [3.05, 3.63) is 22.8 Å². The normalized spacial score (nSPS) is 16.4. The maximum absolute atomic E-state index is 12.6. The number of carbonyl (C=O) groups excluding carboxylic acids is 1. The zero-order valence-electron chi connectivity index (χ0n) is 12.0. The van der Waals surface area contributed by atoms with Crippen LogP contribution < -0.4 is 5.32 Å². The van der Waals surface area contributed by atoms with Crippen LogP contribution in [0.3, 0.4) is 0 Å². The van der Waals surface area contributed by atoms with E-state index in [2.05, 4.69) is 10.3 Å². The van der Waals surface area contributed by atoms with Gasteiger partial charge >= 0.3 is 0 Å². The van der Waals surface area contributed by atoms with E-state index in [1.807, 2.05) is 11.8 Å². The summed E-state index contributed by atoms with van der Waals surface area (Å²) in [5.41, 5.74) is 0.554. The molecule has 0 unspecified atom stereocenters. The number of anilines is 1. The van der Waals surface area contributed by atoms with Gasteiger partial charge in [-0.15, -0.1) is 0 Å². The van der Waals surface area contributed by atoms with Gasteiger partial charge in [-0.25, -0.2) is 4.98 Å². The molecule has 0 saturated carbocycles. The van der Waals surface area contributed by atoms with Crippen molar-refractivity contribution in [1.29, 1.82) is 0 Å². The summed E-state index contributed by atoms with van der Waals surface area (Å²) < 4.78 is 0. The monoisotopic (exact) mass is 295 g/mol. The van der Waals surface area contributed by atoms with Crippen molar-refractivity contribution in [2.45, 2.75) is 39.0 Å². The number of amides is 1. The lowest BCUT2D eigenvalue weighted by Crippen LogP contribution is -2.34. The summed E-state index contributed by atoms with van der Waals surface area (Å²) in [6, 6.07) is 1.76. The van der Waals surface area contributed by atoms with Crippen molar-refractivity contribution < 1.29 is 4.79 Å². The molecule has 1 N–H and O–H groups in total. The van der Waals surface area contributed by atoms with Gasteiger partial charge in [0.25, 0.3) is 5.91 Å². The maximum atomic E-state index is 12.6. The largest absolute Gasteiger partial charge is 0.370 e. The topological polar surface area (TPSA) is 45.2 Å². The minimum Gasteiger partial charge on any atom is -0.370 e. The highest BCUT2D eigenvalue weighted by atomic mass is 35.5. The number of nitrogens with zero attached hydrogens (tertiary/aromatic N) is 2. The van der Waals surface area contributed by atoms with Gasteiger partial charge in [0, 0.05) is 25.8 Å². The average Bonchev–Trinajstić information content (AvgIpc) is 2.40. The van der Waals surface area contributed by atoms with Gasteiger partial charge in [0.1, 0.15) is 5.82 Å². The fourth-order valence-corrected chi connectivity index (χ4v) is 2.69. The van der Waals surface area contributed by atoms with Gasteiger partial charge in [-0.1, -0.05) is 30.9 Å². The van der Waals surface area contributed by atoms with E-state index in [9.17, 15) is 4.79 Å². The Kier molecular flexibility index (Phi) is 5.65. The van der Waals surface area contributed by atoms with Crippen LogP contribution in [0.15, 0.2) is 12.3 Å². The predicted octanol–water partition coefficient (Wildman–Crippen LogP) is 3.57. The highest BCUT2D eigenvalue weighted by Crippen LogP contribution is 2.21. The Morgan fingerprint density at radius 3 is 2.60 bits per heavy atom. The Morgan fingerprint density at radius 2 is 1.95 bits per heavy atom. The van der Waals surface area contributed by atoms with E-state index in [4.69, 9.17) is 11.6 Å². The second kappa shape index (κ2) is 7.48. The summed E-state index contributed by atoms with van der Waals surface area (Å²) >= 11 is 6.15. The molecule has 2 heterocycles. The van der Waals surface area contributed by atoms with E-state index in [1.54, 1.807) is 12.3 Å². The fourth-order valence-electron chi connectivity index (χ4n) is 2.50. The standard InChI is InChI=1S/C15H22ClN3O/c1-2-17-14-10-12(13(16)11-18-14)15(20)19-8-6-4-3-5-7-9-19/h10-11H,2-9H2,1H3,(H,17,18). The molecule has 1 aromatic rings. The van der Waals surface area contributed by atoms with Crippen molar-refractivity contribution in [1.82, 2.24) is 9.88 Å². The molecule has 0 spiro atoms. The number of rotatable bonds is 3. The molecule has 0 aromatic carbocycles. The minimum atomic E-state index is 0.0263. The number of nitrogens with one attached hydrogen (secondary N) is 1. The van der Waals surface area contributed by atoms with E-state index in [1.165, 1.54) is 19.3 Å². The van der Waals surface area contributed by atoms with E-state index in [0.29, 0.717) is 16.4 Å². The summed E-state index contributed by atoms with van der Waals surface area (Å²) in [6.07, 6.45) is 7.40. The Morgan fingerprint density at radius 1 is 1.30 bits per heavy atom. The maximum Gasteiger partial charge on any atom is 0.255 e. The first-order chi connectivity index (χ1) is 9.72. The summed E-state index contributed by atoms with van der Waals surface area (Å²) in [6.45, 7) is 4.42. The molecule has 1 amide bonds. The molecule has 2 rings (SSSR count). The molecular weight excluding hydrogens is 274 g/mol. The Balaban J connectivity index is 2.15. The second-order valence-electron chi connectivity index (χ2n) is 5.14. The minimum absolute atomic E-state index is 0.0263. The molecule has 1 aliphatic rings. The molecule has 0 radical (unpaired) electrons. The van der Waals surface area contributed by atoms with Crippen molar-refractivity contribution in [2.24, 2.45) is 0 Å². The third kappa shape index (κ3) is 3.85.